The Bertz CT molecular complexity index is 522. The second kappa shape index (κ2) is 8.58. The Hall–Kier alpha value is -0.670. The van der Waals surface area contributed by atoms with Crippen LogP contribution in [0, 0.1) is 0 Å². The van der Waals surface area contributed by atoms with E-state index >= 15 is 0 Å². The van der Waals surface area contributed by atoms with Gasteiger partial charge in [-0.15, -0.1) is 0 Å². The number of nitrogens with one attached hydrogen (secondary N) is 1. The fourth-order valence-electron chi connectivity index (χ4n) is 1.44. The number of nitrogens with two attached hydrogens (primary N) is 1. The van der Waals surface area contributed by atoms with Crippen molar-refractivity contribution in [1.82, 2.24) is 4.72 Å². The van der Waals surface area contributed by atoms with Crippen molar-refractivity contribution in [2.75, 3.05) is 39.2 Å². The van der Waals surface area contributed by atoms with Crippen LogP contribution in [0.3, 0.4) is 0 Å². The highest BCUT2D eigenvalue weighted by atomic mass is 79.9. The lowest BCUT2D eigenvalue weighted by molar-refractivity contribution is 0.0699. The first-order valence-corrected chi connectivity index (χ1v) is 8.36. The van der Waals surface area contributed by atoms with Crippen LogP contribution in [0.1, 0.15) is 6.42 Å². The molecule has 0 saturated heterocycles. The summed E-state index contributed by atoms with van der Waals surface area (Å²) in [4.78, 5) is 0.0761. The summed E-state index contributed by atoms with van der Waals surface area (Å²) >= 11 is 3.23. The van der Waals surface area contributed by atoms with E-state index in [0.29, 0.717) is 37.3 Å². The van der Waals surface area contributed by atoms with E-state index in [1.807, 2.05) is 0 Å². The van der Waals surface area contributed by atoms with Crippen LogP contribution in [0.25, 0.3) is 0 Å². The molecule has 0 heterocycles. The Labute approximate surface area is 127 Å². The summed E-state index contributed by atoms with van der Waals surface area (Å²) in [6.07, 6.45) is 0.580. The zero-order valence-electron chi connectivity index (χ0n) is 11.3. The van der Waals surface area contributed by atoms with Crippen LogP contribution in [-0.4, -0.2) is 41.9 Å². The predicted molar refractivity (Wildman–Crippen MR) is 81.1 cm³/mol. The molecule has 0 radical (unpaired) electrons. The number of ether oxygens (including phenoxy) is 2. The second-order valence-electron chi connectivity index (χ2n) is 4.04. The first-order chi connectivity index (χ1) is 9.47. The molecule has 0 fully saturated rings. The average molecular weight is 367 g/mol. The van der Waals surface area contributed by atoms with Crippen LogP contribution in [0.4, 0.5) is 5.69 Å². The molecule has 0 aliphatic rings. The van der Waals surface area contributed by atoms with Crippen LogP contribution >= 0.6 is 15.9 Å². The lowest BCUT2D eigenvalue weighted by Crippen LogP contribution is -2.26. The van der Waals surface area contributed by atoms with Crippen LogP contribution in [-0.2, 0) is 19.5 Å². The minimum atomic E-state index is -3.60. The maximum absolute atomic E-state index is 12.1. The molecule has 0 bridgehead atoms. The highest BCUT2D eigenvalue weighted by Crippen LogP contribution is 2.22. The summed E-state index contributed by atoms with van der Waals surface area (Å²) in [6, 6.07) is 4.72. The van der Waals surface area contributed by atoms with E-state index in [-0.39, 0.29) is 10.6 Å². The summed E-state index contributed by atoms with van der Waals surface area (Å²) in [5, 5.41) is 0. The lowest BCUT2D eigenvalue weighted by atomic mass is 10.3. The molecular formula is C12H19BrN2O4S. The lowest BCUT2D eigenvalue weighted by Gasteiger charge is -2.09. The molecule has 1 aromatic rings. The molecule has 0 aromatic heterocycles. The Morgan fingerprint density at radius 3 is 2.75 bits per heavy atom. The monoisotopic (exact) mass is 366 g/mol. The molecule has 0 amide bonds. The third-order valence-corrected chi connectivity index (χ3v) is 4.46. The average Bonchev–Trinajstić information content (AvgIpc) is 2.40. The zero-order valence-corrected chi connectivity index (χ0v) is 13.7. The number of halogens is 1. The van der Waals surface area contributed by atoms with Crippen LogP contribution < -0.4 is 10.5 Å². The van der Waals surface area contributed by atoms with Gasteiger partial charge in [0.15, 0.2) is 0 Å². The van der Waals surface area contributed by atoms with Crippen LogP contribution in [0.2, 0.25) is 0 Å². The van der Waals surface area contributed by atoms with Crippen molar-refractivity contribution in [3.63, 3.8) is 0 Å². The number of methoxy groups -OCH3 is 1. The van der Waals surface area contributed by atoms with Crippen LogP contribution in [0.5, 0.6) is 0 Å². The third-order valence-electron chi connectivity index (χ3n) is 2.45. The van der Waals surface area contributed by atoms with Gasteiger partial charge >= 0.3 is 0 Å². The van der Waals surface area contributed by atoms with E-state index in [4.69, 9.17) is 15.2 Å². The van der Waals surface area contributed by atoms with Gasteiger partial charge in [0.25, 0.3) is 0 Å². The van der Waals surface area contributed by atoms with E-state index < -0.39 is 10.0 Å². The Kier molecular flexibility index (Phi) is 7.46. The summed E-state index contributed by atoms with van der Waals surface area (Å²) in [5.41, 5.74) is 5.90. The van der Waals surface area contributed by atoms with Gasteiger partial charge in [-0.1, -0.05) is 15.9 Å². The number of nitrogen functional groups attached to an aromatic ring is 1. The standard InChI is InChI=1S/C12H19BrN2O4S/c1-18-7-8-19-6-2-5-15-20(16,17)12-9-10(13)3-4-11(12)14/h3-4,9,15H,2,5-8,14H2,1H3. The van der Waals surface area contributed by atoms with Crippen molar-refractivity contribution in [3.05, 3.63) is 22.7 Å². The number of anilines is 1. The van der Waals surface area contributed by atoms with Crippen molar-refractivity contribution in [2.45, 2.75) is 11.3 Å². The molecular weight excluding hydrogens is 348 g/mol. The van der Waals surface area contributed by atoms with Gasteiger partial charge in [-0.3, -0.25) is 0 Å². The van der Waals surface area contributed by atoms with Gasteiger partial charge in [0.2, 0.25) is 10.0 Å². The van der Waals surface area contributed by atoms with Gasteiger partial charge in [-0.05, 0) is 24.6 Å². The van der Waals surface area contributed by atoms with Gasteiger partial charge in [0.1, 0.15) is 4.90 Å². The van der Waals surface area contributed by atoms with E-state index in [0.717, 1.165) is 0 Å². The fraction of sp³-hybridized carbons (Fsp3) is 0.500. The minimum absolute atomic E-state index is 0.0761. The smallest absolute Gasteiger partial charge is 0.242 e. The van der Waals surface area contributed by atoms with Crippen molar-refractivity contribution < 1.29 is 17.9 Å². The number of hydrogen-bond acceptors (Lipinski definition) is 5. The maximum atomic E-state index is 12.1. The molecule has 0 unspecified atom stereocenters. The number of rotatable bonds is 9. The molecule has 1 aromatic carbocycles. The molecule has 3 N–H and O–H groups in total. The molecule has 0 saturated carbocycles. The molecule has 0 spiro atoms. The normalized spacial score (nSPS) is 11.7. The summed E-state index contributed by atoms with van der Waals surface area (Å²) < 4.78 is 37.4. The quantitative estimate of drug-likeness (QED) is 0.508. The molecule has 20 heavy (non-hydrogen) atoms. The number of sulfonamides is 1. The van der Waals surface area contributed by atoms with Crippen molar-refractivity contribution >= 4 is 31.6 Å². The minimum Gasteiger partial charge on any atom is -0.398 e. The SMILES string of the molecule is COCCOCCCNS(=O)(=O)c1cc(Br)ccc1N. The molecule has 1 rings (SSSR count). The molecule has 0 atom stereocenters. The molecule has 6 nitrogen and oxygen atoms in total. The van der Waals surface area contributed by atoms with Gasteiger partial charge in [0, 0.05) is 24.7 Å². The van der Waals surface area contributed by atoms with Crippen molar-refractivity contribution in [1.29, 1.82) is 0 Å². The Balaban J connectivity index is 2.44. The Morgan fingerprint density at radius 1 is 1.30 bits per heavy atom. The zero-order chi connectivity index (χ0) is 15.0. The largest absolute Gasteiger partial charge is 0.398 e. The Morgan fingerprint density at radius 2 is 2.05 bits per heavy atom. The second-order valence-corrected chi connectivity index (χ2v) is 6.69. The molecule has 0 aliphatic heterocycles. The summed E-state index contributed by atoms with van der Waals surface area (Å²) in [7, 11) is -2.00. The van der Waals surface area contributed by atoms with Gasteiger partial charge in [0.05, 0.1) is 18.9 Å². The van der Waals surface area contributed by atoms with E-state index in [1.54, 1.807) is 19.2 Å². The first kappa shape index (κ1) is 17.4. The topological polar surface area (TPSA) is 90.6 Å². The van der Waals surface area contributed by atoms with Gasteiger partial charge in [-0.2, -0.15) is 0 Å². The van der Waals surface area contributed by atoms with Crippen molar-refractivity contribution in [3.8, 4) is 0 Å². The number of benzene rings is 1. The van der Waals surface area contributed by atoms with E-state index in [2.05, 4.69) is 20.7 Å². The van der Waals surface area contributed by atoms with Crippen molar-refractivity contribution in [2.24, 2.45) is 0 Å². The first-order valence-electron chi connectivity index (χ1n) is 6.09. The fourth-order valence-corrected chi connectivity index (χ4v) is 3.19. The molecule has 114 valence electrons. The predicted octanol–water partition coefficient (Wildman–Crippen LogP) is 1.36. The van der Waals surface area contributed by atoms with Crippen LogP contribution in [0.15, 0.2) is 27.6 Å². The van der Waals surface area contributed by atoms with E-state index in [9.17, 15) is 8.42 Å². The number of hydrogen-bond donors (Lipinski definition) is 2. The molecule has 8 heteroatoms. The summed E-state index contributed by atoms with van der Waals surface area (Å²) in [5.74, 6) is 0. The third kappa shape index (κ3) is 5.76. The van der Waals surface area contributed by atoms with Gasteiger partial charge < -0.3 is 15.2 Å². The van der Waals surface area contributed by atoms with Gasteiger partial charge in [-0.25, -0.2) is 13.1 Å². The highest BCUT2D eigenvalue weighted by molar-refractivity contribution is 9.10. The van der Waals surface area contributed by atoms with E-state index in [1.165, 1.54) is 6.07 Å². The molecule has 0 aliphatic carbocycles. The maximum Gasteiger partial charge on any atom is 0.242 e. The summed E-state index contributed by atoms with van der Waals surface area (Å²) in [6.45, 7) is 1.79. The highest BCUT2D eigenvalue weighted by Gasteiger charge is 2.16.